The fourth-order valence-electron chi connectivity index (χ4n) is 1.81. The molecule has 1 rings (SSSR count). The highest BCUT2D eigenvalue weighted by molar-refractivity contribution is 6.30. The predicted octanol–water partition coefficient (Wildman–Crippen LogP) is 2.57. The van der Waals surface area contributed by atoms with Crippen molar-refractivity contribution in [3.63, 3.8) is 0 Å². The zero-order valence-corrected chi connectivity index (χ0v) is 11.0. The van der Waals surface area contributed by atoms with Crippen LogP contribution < -0.4 is 5.73 Å². The zero-order valence-electron chi connectivity index (χ0n) is 10.2. The highest BCUT2D eigenvalue weighted by Crippen LogP contribution is 2.22. The number of nitriles is 1. The SMILES string of the molecule is CC(CC#N)N(C)C(CN)c1ccc(Cl)cc1. The Balaban J connectivity index is 2.84. The molecule has 2 unspecified atom stereocenters. The number of hydrogen-bond donors (Lipinski definition) is 1. The summed E-state index contributed by atoms with van der Waals surface area (Å²) in [4.78, 5) is 2.13. The van der Waals surface area contributed by atoms with Gasteiger partial charge in [-0.15, -0.1) is 0 Å². The molecule has 2 atom stereocenters. The van der Waals surface area contributed by atoms with E-state index in [-0.39, 0.29) is 12.1 Å². The van der Waals surface area contributed by atoms with Crippen LogP contribution in [0.2, 0.25) is 5.02 Å². The first-order chi connectivity index (χ1) is 8.10. The zero-order chi connectivity index (χ0) is 12.8. The van der Waals surface area contributed by atoms with Gasteiger partial charge in [0.15, 0.2) is 0 Å². The molecule has 17 heavy (non-hydrogen) atoms. The Labute approximate surface area is 108 Å². The molecular formula is C13H18ClN3. The molecular weight excluding hydrogens is 234 g/mol. The first kappa shape index (κ1) is 14.0. The molecule has 1 aromatic rings. The normalized spacial score (nSPS) is 14.4. The molecule has 2 N–H and O–H groups in total. The molecule has 0 spiro atoms. The minimum Gasteiger partial charge on any atom is -0.329 e. The van der Waals surface area contributed by atoms with E-state index in [1.807, 2.05) is 38.2 Å². The Morgan fingerprint density at radius 1 is 1.41 bits per heavy atom. The molecule has 0 aliphatic rings. The molecule has 0 amide bonds. The van der Waals surface area contributed by atoms with Gasteiger partial charge in [-0.1, -0.05) is 23.7 Å². The summed E-state index contributed by atoms with van der Waals surface area (Å²) < 4.78 is 0. The molecule has 1 aromatic carbocycles. The van der Waals surface area contributed by atoms with Gasteiger partial charge in [0.25, 0.3) is 0 Å². The van der Waals surface area contributed by atoms with Crippen LogP contribution in [0.4, 0.5) is 0 Å². The van der Waals surface area contributed by atoms with Gasteiger partial charge in [0.05, 0.1) is 12.5 Å². The summed E-state index contributed by atoms with van der Waals surface area (Å²) in [5, 5.41) is 9.44. The number of nitrogens with two attached hydrogens (primary N) is 1. The third-order valence-corrected chi connectivity index (χ3v) is 3.30. The highest BCUT2D eigenvalue weighted by Gasteiger charge is 2.19. The van der Waals surface area contributed by atoms with Crippen LogP contribution in [0.3, 0.4) is 0 Å². The summed E-state index contributed by atoms with van der Waals surface area (Å²) in [6.07, 6.45) is 0.501. The fourth-order valence-corrected chi connectivity index (χ4v) is 1.93. The monoisotopic (exact) mass is 251 g/mol. The maximum Gasteiger partial charge on any atom is 0.0638 e. The number of halogens is 1. The summed E-state index contributed by atoms with van der Waals surface area (Å²) in [5.41, 5.74) is 6.95. The second-order valence-electron chi connectivity index (χ2n) is 4.18. The van der Waals surface area contributed by atoms with Crippen molar-refractivity contribution in [1.82, 2.24) is 4.90 Å². The molecule has 0 fully saturated rings. The minimum absolute atomic E-state index is 0.121. The summed E-state index contributed by atoms with van der Waals surface area (Å²) in [6, 6.07) is 10.2. The number of rotatable bonds is 5. The Morgan fingerprint density at radius 3 is 2.47 bits per heavy atom. The van der Waals surface area contributed by atoms with Gasteiger partial charge in [-0.05, 0) is 31.7 Å². The van der Waals surface area contributed by atoms with E-state index < -0.39 is 0 Å². The van der Waals surface area contributed by atoms with Crippen molar-refractivity contribution >= 4 is 11.6 Å². The maximum atomic E-state index is 8.72. The Bertz CT molecular complexity index is 383. The molecule has 0 saturated heterocycles. The van der Waals surface area contributed by atoms with Crippen molar-refractivity contribution < 1.29 is 0 Å². The van der Waals surface area contributed by atoms with Crippen molar-refractivity contribution in [3.05, 3.63) is 34.9 Å². The third-order valence-electron chi connectivity index (χ3n) is 3.05. The Kier molecular flexibility index (Phi) is 5.43. The Hall–Kier alpha value is -1.08. The second-order valence-corrected chi connectivity index (χ2v) is 4.62. The van der Waals surface area contributed by atoms with Gasteiger partial charge in [-0.3, -0.25) is 4.90 Å². The van der Waals surface area contributed by atoms with E-state index >= 15 is 0 Å². The average Bonchev–Trinajstić information content (AvgIpc) is 2.32. The molecule has 4 heteroatoms. The van der Waals surface area contributed by atoms with Gasteiger partial charge in [0.1, 0.15) is 0 Å². The van der Waals surface area contributed by atoms with E-state index in [0.717, 1.165) is 10.6 Å². The second kappa shape index (κ2) is 6.61. The molecule has 0 aliphatic heterocycles. The topological polar surface area (TPSA) is 53.0 Å². The van der Waals surface area contributed by atoms with Crippen molar-refractivity contribution in [1.29, 1.82) is 5.26 Å². The van der Waals surface area contributed by atoms with Crippen molar-refractivity contribution in [2.45, 2.75) is 25.4 Å². The van der Waals surface area contributed by atoms with Crippen LogP contribution >= 0.6 is 11.6 Å². The summed E-state index contributed by atoms with van der Waals surface area (Å²) in [7, 11) is 1.99. The van der Waals surface area contributed by atoms with Crippen molar-refractivity contribution in [2.24, 2.45) is 5.73 Å². The van der Waals surface area contributed by atoms with Gasteiger partial charge in [0.2, 0.25) is 0 Å². The summed E-state index contributed by atoms with van der Waals surface area (Å²) in [5.74, 6) is 0. The number of hydrogen-bond acceptors (Lipinski definition) is 3. The smallest absolute Gasteiger partial charge is 0.0638 e. The lowest BCUT2D eigenvalue weighted by molar-refractivity contribution is 0.191. The van der Waals surface area contributed by atoms with E-state index in [1.165, 1.54) is 0 Å². The van der Waals surface area contributed by atoms with Crippen LogP contribution in [-0.2, 0) is 0 Å². The molecule has 0 bridgehead atoms. The lowest BCUT2D eigenvalue weighted by atomic mass is 10.0. The van der Waals surface area contributed by atoms with Crippen LogP contribution in [0.25, 0.3) is 0 Å². The minimum atomic E-state index is 0.121. The van der Waals surface area contributed by atoms with E-state index in [0.29, 0.717) is 13.0 Å². The van der Waals surface area contributed by atoms with Crippen molar-refractivity contribution in [3.8, 4) is 6.07 Å². The quantitative estimate of drug-likeness (QED) is 0.875. The lowest BCUT2D eigenvalue weighted by Crippen LogP contribution is -2.36. The molecule has 3 nitrogen and oxygen atoms in total. The average molecular weight is 252 g/mol. The van der Waals surface area contributed by atoms with E-state index in [1.54, 1.807) is 0 Å². The summed E-state index contributed by atoms with van der Waals surface area (Å²) in [6.45, 7) is 2.55. The highest BCUT2D eigenvalue weighted by atomic mass is 35.5. The molecule has 0 aromatic heterocycles. The number of benzene rings is 1. The molecule has 0 radical (unpaired) electrons. The van der Waals surface area contributed by atoms with Gasteiger partial charge < -0.3 is 5.73 Å². The first-order valence-corrected chi connectivity index (χ1v) is 6.02. The van der Waals surface area contributed by atoms with Gasteiger partial charge >= 0.3 is 0 Å². The van der Waals surface area contributed by atoms with E-state index in [4.69, 9.17) is 22.6 Å². The molecule has 0 saturated carbocycles. The molecule has 92 valence electrons. The van der Waals surface area contributed by atoms with Gasteiger partial charge in [-0.2, -0.15) is 5.26 Å². The standard InChI is InChI=1S/C13H18ClN3/c1-10(7-8-15)17(2)13(9-16)11-3-5-12(14)6-4-11/h3-6,10,13H,7,9,16H2,1-2H3. The predicted molar refractivity (Wildman–Crippen MR) is 70.7 cm³/mol. The van der Waals surface area contributed by atoms with Crippen LogP contribution in [0.1, 0.15) is 24.9 Å². The molecule has 0 heterocycles. The lowest BCUT2D eigenvalue weighted by Gasteiger charge is -2.31. The number of nitrogens with zero attached hydrogens (tertiary/aromatic N) is 2. The fraction of sp³-hybridized carbons (Fsp3) is 0.462. The Morgan fingerprint density at radius 2 is 2.00 bits per heavy atom. The van der Waals surface area contributed by atoms with E-state index in [2.05, 4.69) is 11.0 Å². The largest absolute Gasteiger partial charge is 0.329 e. The summed E-state index contributed by atoms with van der Waals surface area (Å²) >= 11 is 5.86. The third kappa shape index (κ3) is 3.71. The van der Waals surface area contributed by atoms with Crippen LogP contribution in [0.15, 0.2) is 24.3 Å². The number of likely N-dealkylation sites (N-methyl/N-ethyl adjacent to an activating group) is 1. The van der Waals surface area contributed by atoms with E-state index in [9.17, 15) is 0 Å². The van der Waals surface area contributed by atoms with Gasteiger partial charge in [0, 0.05) is 23.7 Å². The maximum absolute atomic E-state index is 8.72. The first-order valence-electron chi connectivity index (χ1n) is 5.64. The van der Waals surface area contributed by atoms with Gasteiger partial charge in [-0.25, -0.2) is 0 Å². The van der Waals surface area contributed by atoms with Crippen molar-refractivity contribution in [2.75, 3.05) is 13.6 Å². The van der Waals surface area contributed by atoms with Crippen LogP contribution in [0.5, 0.6) is 0 Å². The van der Waals surface area contributed by atoms with Crippen LogP contribution in [-0.4, -0.2) is 24.5 Å². The van der Waals surface area contributed by atoms with Crippen LogP contribution in [0, 0.1) is 11.3 Å². The molecule has 0 aliphatic carbocycles.